The lowest BCUT2D eigenvalue weighted by Gasteiger charge is -2.28. The van der Waals surface area contributed by atoms with Gasteiger partial charge in [-0.1, -0.05) is 22.0 Å². The first-order valence-electron chi connectivity index (χ1n) is 10.6. The Morgan fingerprint density at radius 1 is 0.970 bits per heavy atom. The molecule has 0 bridgehead atoms. The van der Waals surface area contributed by atoms with Crippen LogP contribution in [0.4, 0.5) is 10.1 Å². The van der Waals surface area contributed by atoms with E-state index in [2.05, 4.69) is 67.7 Å². The minimum atomic E-state index is -0.247. The molecule has 2 atom stereocenters. The van der Waals surface area contributed by atoms with Crippen molar-refractivity contribution in [3.05, 3.63) is 112 Å². The Hall–Kier alpha value is -3.03. The average Bonchev–Trinajstić information content (AvgIpc) is 3.31. The highest BCUT2D eigenvalue weighted by Crippen LogP contribution is 2.43. The summed E-state index contributed by atoms with van der Waals surface area (Å²) in [6.45, 7) is 4.17. The number of hydrogen-bond acceptors (Lipinski definition) is 2. The van der Waals surface area contributed by atoms with E-state index in [4.69, 9.17) is 12.2 Å². The van der Waals surface area contributed by atoms with Crippen molar-refractivity contribution in [3.8, 4) is 5.69 Å². The third-order valence-corrected chi connectivity index (χ3v) is 6.92. The molecule has 5 rings (SSSR count). The van der Waals surface area contributed by atoms with Crippen molar-refractivity contribution in [2.45, 2.75) is 25.9 Å². The van der Waals surface area contributed by atoms with Gasteiger partial charge in [0.25, 0.3) is 0 Å². The molecule has 0 unspecified atom stereocenters. The number of rotatable bonds is 4. The minimum Gasteiger partial charge on any atom is -0.351 e. The van der Waals surface area contributed by atoms with Gasteiger partial charge in [0.2, 0.25) is 0 Å². The summed E-state index contributed by atoms with van der Waals surface area (Å²) >= 11 is 9.35. The number of nitrogens with one attached hydrogen (secondary N) is 1. The van der Waals surface area contributed by atoms with Gasteiger partial charge in [-0.15, -0.1) is 0 Å². The molecule has 1 saturated heterocycles. The fraction of sp³-hybridized carbons (Fsp3) is 0.154. The maximum absolute atomic E-state index is 13.6. The maximum atomic E-state index is 13.6. The monoisotopic (exact) mass is 520 g/mol. The van der Waals surface area contributed by atoms with Gasteiger partial charge in [-0.3, -0.25) is 4.98 Å². The van der Waals surface area contributed by atoms with E-state index in [1.54, 1.807) is 18.3 Å². The van der Waals surface area contributed by atoms with Crippen molar-refractivity contribution in [2.75, 3.05) is 4.90 Å². The molecule has 4 nitrogen and oxygen atoms in total. The average molecular weight is 521 g/mol. The molecule has 0 amide bonds. The van der Waals surface area contributed by atoms with Gasteiger partial charge in [-0.05, 0) is 98.4 Å². The summed E-state index contributed by atoms with van der Waals surface area (Å²) in [4.78, 5) is 6.80. The van der Waals surface area contributed by atoms with Gasteiger partial charge in [-0.2, -0.15) is 0 Å². The van der Waals surface area contributed by atoms with Crippen LogP contribution in [0.25, 0.3) is 5.69 Å². The topological polar surface area (TPSA) is 33.1 Å². The first-order valence-corrected chi connectivity index (χ1v) is 11.8. The molecule has 7 heteroatoms. The highest BCUT2D eigenvalue weighted by molar-refractivity contribution is 9.10. The number of benzene rings is 2. The summed E-state index contributed by atoms with van der Waals surface area (Å²) in [6.07, 6.45) is 1.81. The van der Waals surface area contributed by atoms with Gasteiger partial charge >= 0.3 is 0 Å². The van der Waals surface area contributed by atoms with Crippen molar-refractivity contribution in [1.29, 1.82) is 0 Å². The lowest BCUT2D eigenvalue weighted by molar-refractivity contribution is 0.565. The number of hydrogen-bond donors (Lipinski definition) is 1. The van der Waals surface area contributed by atoms with Gasteiger partial charge in [0, 0.05) is 33.4 Å². The second-order valence-corrected chi connectivity index (χ2v) is 9.41. The Bertz CT molecular complexity index is 1300. The standard InChI is InChI=1S/C26H22BrFN4S/c1-16-15-22(17(2)31(16)20-12-8-19(28)9-13-20)25-24(23-5-3-4-14-29-23)30-26(33)32(25)21-10-6-18(27)7-11-21/h3-15,24-25H,1-2H3,(H,30,33)/t24-,25+/m0/s1. The summed E-state index contributed by atoms with van der Waals surface area (Å²) in [6, 6.07) is 22.7. The van der Waals surface area contributed by atoms with Crippen molar-refractivity contribution in [2.24, 2.45) is 0 Å². The highest BCUT2D eigenvalue weighted by atomic mass is 79.9. The maximum Gasteiger partial charge on any atom is 0.174 e. The van der Waals surface area contributed by atoms with Crippen molar-refractivity contribution < 1.29 is 4.39 Å². The summed E-state index contributed by atoms with van der Waals surface area (Å²) in [5, 5.41) is 4.17. The molecule has 166 valence electrons. The zero-order valence-corrected chi connectivity index (χ0v) is 20.6. The molecule has 0 saturated carbocycles. The summed E-state index contributed by atoms with van der Waals surface area (Å²) < 4.78 is 16.7. The molecule has 1 fully saturated rings. The minimum absolute atomic E-state index is 0.103. The molecular weight excluding hydrogens is 499 g/mol. The van der Waals surface area contributed by atoms with Gasteiger partial charge in [0.15, 0.2) is 5.11 Å². The van der Waals surface area contributed by atoms with E-state index in [0.717, 1.165) is 38.5 Å². The quantitative estimate of drug-likeness (QED) is 0.308. The van der Waals surface area contributed by atoms with Gasteiger partial charge < -0.3 is 14.8 Å². The number of aryl methyl sites for hydroxylation is 1. The van der Waals surface area contributed by atoms with Crippen LogP contribution in [0, 0.1) is 19.7 Å². The predicted molar refractivity (Wildman–Crippen MR) is 137 cm³/mol. The predicted octanol–water partition coefficient (Wildman–Crippen LogP) is 6.57. The number of thiocarbonyl (C=S) groups is 1. The lowest BCUT2D eigenvalue weighted by atomic mass is 9.96. The SMILES string of the molecule is Cc1cc([C@@H]2[C@H](c3ccccn3)NC(=S)N2c2ccc(Br)cc2)c(C)n1-c1ccc(F)cc1. The van der Waals surface area contributed by atoms with E-state index in [1.165, 1.54) is 12.1 Å². The van der Waals surface area contributed by atoms with E-state index in [9.17, 15) is 4.39 Å². The Morgan fingerprint density at radius 2 is 1.67 bits per heavy atom. The molecule has 1 N–H and O–H groups in total. The number of nitrogens with zero attached hydrogens (tertiary/aromatic N) is 3. The first kappa shape index (κ1) is 21.8. The van der Waals surface area contributed by atoms with Crippen LogP contribution < -0.4 is 10.2 Å². The normalized spacial score (nSPS) is 17.9. The highest BCUT2D eigenvalue weighted by Gasteiger charge is 2.42. The van der Waals surface area contributed by atoms with Crippen LogP contribution in [0.2, 0.25) is 0 Å². The number of anilines is 1. The molecular formula is C26H22BrFN4S. The van der Waals surface area contributed by atoms with Crippen LogP contribution in [0.5, 0.6) is 0 Å². The summed E-state index contributed by atoms with van der Waals surface area (Å²) in [7, 11) is 0. The van der Waals surface area contributed by atoms with E-state index in [0.29, 0.717) is 5.11 Å². The van der Waals surface area contributed by atoms with Gasteiger partial charge in [0.05, 0.1) is 17.8 Å². The van der Waals surface area contributed by atoms with Crippen LogP contribution in [-0.2, 0) is 0 Å². The molecule has 0 aliphatic carbocycles. The third kappa shape index (κ3) is 3.96. The van der Waals surface area contributed by atoms with Gasteiger partial charge in [0.1, 0.15) is 5.82 Å². The van der Waals surface area contributed by atoms with E-state index in [1.807, 2.05) is 30.3 Å². The Balaban J connectivity index is 1.67. The second-order valence-electron chi connectivity index (χ2n) is 8.11. The smallest absolute Gasteiger partial charge is 0.174 e. The van der Waals surface area contributed by atoms with Crippen LogP contribution in [-0.4, -0.2) is 14.7 Å². The fourth-order valence-electron chi connectivity index (χ4n) is 4.63. The molecule has 4 aromatic rings. The Labute approximate surface area is 206 Å². The largest absolute Gasteiger partial charge is 0.351 e. The zero-order valence-electron chi connectivity index (χ0n) is 18.2. The molecule has 0 spiro atoms. The van der Waals surface area contributed by atoms with Crippen molar-refractivity contribution >= 4 is 38.9 Å². The first-order chi connectivity index (χ1) is 15.9. The lowest BCUT2D eigenvalue weighted by Crippen LogP contribution is -2.29. The third-order valence-electron chi connectivity index (χ3n) is 6.08. The molecule has 0 radical (unpaired) electrons. The van der Waals surface area contributed by atoms with E-state index >= 15 is 0 Å². The van der Waals surface area contributed by atoms with Crippen LogP contribution in [0.15, 0.2) is 83.5 Å². The molecule has 2 aromatic carbocycles. The van der Waals surface area contributed by atoms with Gasteiger partial charge in [-0.25, -0.2) is 4.39 Å². The van der Waals surface area contributed by atoms with E-state index in [-0.39, 0.29) is 17.9 Å². The van der Waals surface area contributed by atoms with Crippen LogP contribution >= 0.6 is 28.1 Å². The number of pyridine rings is 1. The molecule has 2 aromatic heterocycles. The Morgan fingerprint density at radius 3 is 2.33 bits per heavy atom. The summed E-state index contributed by atoms with van der Waals surface area (Å²) in [5.74, 6) is -0.247. The fourth-order valence-corrected chi connectivity index (χ4v) is 5.24. The molecule has 3 heterocycles. The van der Waals surface area contributed by atoms with Crippen LogP contribution in [0.3, 0.4) is 0 Å². The Kier molecular flexibility index (Phi) is 5.76. The van der Waals surface area contributed by atoms with E-state index < -0.39 is 0 Å². The number of halogens is 2. The number of aromatic nitrogens is 2. The second kappa shape index (κ2) is 8.72. The molecule has 1 aliphatic rings. The zero-order chi connectivity index (χ0) is 23.1. The molecule has 1 aliphatic heterocycles. The summed E-state index contributed by atoms with van der Waals surface area (Å²) in [5.41, 5.74) is 6.15. The van der Waals surface area contributed by atoms with Crippen molar-refractivity contribution in [1.82, 2.24) is 14.9 Å². The molecule has 33 heavy (non-hydrogen) atoms. The van der Waals surface area contributed by atoms with Crippen molar-refractivity contribution in [3.63, 3.8) is 0 Å². The van der Waals surface area contributed by atoms with Crippen LogP contribution in [0.1, 0.15) is 34.7 Å².